The van der Waals surface area contributed by atoms with E-state index >= 15 is 0 Å². The molecule has 380 valence electrons. The van der Waals surface area contributed by atoms with Crippen molar-refractivity contribution in [3.05, 3.63) is 164 Å². The topological polar surface area (TPSA) is 29.5 Å². The van der Waals surface area contributed by atoms with Crippen molar-refractivity contribution in [3.8, 4) is 0 Å². The summed E-state index contributed by atoms with van der Waals surface area (Å²) in [6, 6.07) is 71.6. The molecule has 0 N–H and O–H groups in total. The monoisotopic (exact) mass is 1040 g/mol. The Labute approximate surface area is 442 Å². The molecule has 0 atom stereocenters. The summed E-state index contributed by atoms with van der Waals surface area (Å²) in [6.07, 6.45) is 15.5. The van der Waals surface area contributed by atoms with E-state index in [-0.39, 0.29) is 0 Å². The van der Waals surface area contributed by atoms with Crippen molar-refractivity contribution in [2.45, 2.75) is 155 Å². The zero-order chi connectivity index (χ0) is 50.6. The van der Waals surface area contributed by atoms with E-state index < -0.39 is 32.3 Å². The third-order valence-electron chi connectivity index (χ3n) is 16.1. The van der Waals surface area contributed by atoms with Gasteiger partial charge in [-0.05, 0) is 36.4 Å². The van der Waals surface area contributed by atoms with Crippen LogP contribution < -0.4 is 36.0 Å². The molecule has 2 aromatic heterocycles. The van der Waals surface area contributed by atoms with Gasteiger partial charge in [0.1, 0.15) is 22.3 Å². The average molecular weight is 1040 g/mol. The third kappa shape index (κ3) is 11.3. The van der Waals surface area contributed by atoms with Gasteiger partial charge in [-0.3, -0.25) is 0 Å². The first-order chi connectivity index (χ1) is 35.9. The molecule has 2 heterocycles. The van der Waals surface area contributed by atoms with Gasteiger partial charge < -0.3 is 13.3 Å². The number of unbranched alkanes of at least 4 members (excludes halogenated alkanes) is 6. The molecule has 0 fully saturated rings. The van der Waals surface area contributed by atoms with Crippen molar-refractivity contribution < 1.29 is 8.83 Å². The van der Waals surface area contributed by atoms with E-state index in [1.165, 1.54) is 140 Å². The quantitative estimate of drug-likeness (QED) is 0.0380. The normalized spacial score (nSPS) is 12.4. The number of nitrogens with zero attached hydrogens (tertiary/aromatic N) is 1. The standard InChI is InChI=1S/C66H81NO2P2Si2/c1-7-13-46-72(47-14-8-2,48-15-9-3)55-42-38-53(39-43-55)70(54-40-44-56(45-41-54)73(49-16-10-4,50-17-11-5)51-18-12-6)67(52-28-20-19-21-29-52)71(63-36-26-32-59-57-30-22-24-34-61(57)68-65(59)63)64-37-27-33-60-58-31-23-25-35-62(58)69-66(60)64/h19-45H,7-18,46-51H2,1-6H3. The van der Waals surface area contributed by atoms with Crippen molar-refractivity contribution in [1.29, 1.82) is 0 Å². The Balaban J connectivity index is 1.33. The van der Waals surface area contributed by atoms with E-state index in [0.717, 1.165) is 43.9 Å². The van der Waals surface area contributed by atoms with E-state index in [4.69, 9.17) is 8.83 Å². The lowest BCUT2D eigenvalue weighted by Gasteiger charge is -2.41. The molecule has 7 heteroatoms. The summed E-state index contributed by atoms with van der Waals surface area (Å²) in [5.41, 5.74) is 4.98. The Hall–Kier alpha value is -4.77. The first-order valence-electron chi connectivity index (χ1n) is 28.4. The van der Waals surface area contributed by atoms with Crippen LogP contribution in [0.3, 0.4) is 0 Å². The molecular weight excluding hydrogens is 957 g/mol. The highest BCUT2D eigenvalue weighted by Crippen LogP contribution is 2.59. The fourth-order valence-corrected chi connectivity index (χ4v) is 29.2. The zero-order valence-electron chi connectivity index (χ0n) is 45.0. The molecular formula is C66H81NO2P2Si2. The Bertz CT molecular complexity index is 2910. The van der Waals surface area contributed by atoms with Gasteiger partial charge in [-0.1, -0.05) is 293 Å². The molecule has 9 rings (SSSR count). The summed E-state index contributed by atoms with van der Waals surface area (Å²) in [5, 5.41) is 13.2. The zero-order valence-corrected chi connectivity index (χ0v) is 48.8. The number of hydrogen-bond donors (Lipinski definition) is 0. The maximum Gasteiger partial charge on any atom is 0.145 e. The van der Waals surface area contributed by atoms with Crippen molar-refractivity contribution in [2.75, 3.05) is 4.44 Å². The molecule has 0 saturated heterocycles. The van der Waals surface area contributed by atoms with Crippen LogP contribution in [0, 0.1) is 0 Å². The summed E-state index contributed by atoms with van der Waals surface area (Å²) < 4.78 is 17.1. The fourth-order valence-electron chi connectivity index (χ4n) is 12.0. The molecule has 7 aromatic carbocycles. The van der Waals surface area contributed by atoms with Crippen molar-refractivity contribution in [2.24, 2.45) is 0 Å². The van der Waals surface area contributed by atoms with Gasteiger partial charge in [-0.25, -0.2) is 0 Å². The summed E-state index contributed by atoms with van der Waals surface area (Å²) in [6.45, 7) is 14.3. The molecule has 0 aliphatic heterocycles. The second kappa shape index (κ2) is 25.2. The Morgan fingerprint density at radius 1 is 0.342 bits per heavy atom. The maximum absolute atomic E-state index is 7.11. The van der Waals surface area contributed by atoms with Crippen LogP contribution in [0.1, 0.15) is 119 Å². The molecule has 73 heavy (non-hydrogen) atoms. The van der Waals surface area contributed by atoms with E-state index in [2.05, 4.69) is 210 Å². The Morgan fingerprint density at radius 3 is 1.05 bits per heavy atom. The largest absolute Gasteiger partial charge is 0.455 e. The minimum atomic E-state index is -1.77. The van der Waals surface area contributed by atoms with Crippen molar-refractivity contribution >= 4 is 113 Å². The molecule has 0 saturated carbocycles. The van der Waals surface area contributed by atoms with Crippen LogP contribution in [0.2, 0.25) is 36.3 Å². The van der Waals surface area contributed by atoms with Gasteiger partial charge in [0.2, 0.25) is 0 Å². The molecule has 0 radical (unpaired) electrons. The second-order valence-corrected chi connectivity index (χ2v) is 34.7. The molecule has 0 spiro atoms. The van der Waals surface area contributed by atoms with Gasteiger partial charge >= 0.3 is 0 Å². The lowest BCUT2D eigenvalue weighted by Crippen LogP contribution is -2.48. The van der Waals surface area contributed by atoms with E-state index in [0.29, 0.717) is 0 Å². The van der Waals surface area contributed by atoms with Crippen LogP contribution in [0.15, 0.2) is 173 Å². The number of benzene rings is 7. The van der Waals surface area contributed by atoms with Gasteiger partial charge in [0.25, 0.3) is 0 Å². The molecule has 9 aromatic rings. The summed E-state index contributed by atoms with van der Waals surface area (Å²) in [4.78, 5) is 0. The minimum Gasteiger partial charge on any atom is -0.455 e. The lowest BCUT2D eigenvalue weighted by atomic mass is 10.1. The van der Waals surface area contributed by atoms with Gasteiger partial charge in [-0.15, -0.1) is 0 Å². The average Bonchev–Trinajstić information content (AvgIpc) is 4.03. The SMILES string of the molecule is CCCC[Si](CCCC)(CCCC)c1ccc(P(c2ccc([Si](CCCC)(CCCC)CCCC)cc2)N(c2ccccc2)P(c2cccc3c2oc2ccccc23)c2cccc3c2oc2ccccc23)cc1. The molecule has 3 nitrogen and oxygen atoms in total. The highest BCUT2D eigenvalue weighted by molar-refractivity contribution is 7.91. The Morgan fingerprint density at radius 2 is 0.685 bits per heavy atom. The first kappa shape index (κ1) is 53.1. The highest BCUT2D eigenvalue weighted by atomic mass is 31.2. The van der Waals surface area contributed by atoms with E-state index in [1.54, 1.807) is 10.4 Å². The lowest BCUT2D eigenvalue weighted by molar-refractivity contribution is 0.671. The second-order valence-electron chi connectivity index (χ2n) is 21.0. The Kier molecular flexibility index (Phi) is 18.3. The van der Waals surface area contributed by atoms with Gasteiger partial charge in [-0.2, -0.15) is 0 Å². The molecule has 0 amide bonds. The third-order valence-corrected chi connectivity index (χ3v) is 32.6. The van der Waals surface area contributed by atoms with Gasteiger partial charge in [0.05, 0.1) is 32.3 Å². The van der Waals surface area contributed by atoms with Crippen LogP contribution in [-0.2, 0) is 0 Å². The smallest absolute Gasteiger partial charge is 0.145 e. The number of para-hydroxylation sites is 5. The molecule has 0 aliphatic carbocycles. The number of hydrogen-bond acceptors (Lipinski definition) is 3. The van der Waals surface area contributed by atoms with Crippen LogP contribution in [0.25, 0.3) is 43.9 Å². The molecule has 0 unspecified atom stereocenters. The maximum atomic E-state index is 7.11. The number of fused-ring (bicyclic) bond motifs is 6. The first-order valence-corrected chi connectivity index (χ1v) is 36.2. The predicted octanol–water partition coefficient (Wildman–Crippen LogP) is 18.5. The molecule has 0 aliphatic rings. The van der Waals surface area contributed by atoms with Crippen molar-refractivity contribution in [1.82, 2.24) is 0 Å². The summed E-state index contributed by atoms with van der Waals surface area (Å²) in [7, 11) is -6.09. The summed E-state index contributed by atoms with van der Waals surface area (Å²) >= 11 is 0. The van der Waals surface area contributed by atoms with E-state index in [9.17, 15) is 0 Å². The van der Waals surface area contributed by atoms with Crippen LogP contribution in [-0.4, -0.2) is 16.1 Å². The molecule has 0 bridgehead atoms. The predicted molar refractivity (Wildman–Crippen MR) is 331 cm³/mol. The highest BCUT2D eigenvalue weighted by Gasteiger charge is 2.39. The van der Waals surface area contributed by atoms with Crippen LogP contribution in [0.5, 0.6) is 0 Å². The van der Waals surface area contributed by atoms with Crippen LogP contribution >= 0.6 is 16.1 Å². The minimum absolute atomic E-state index is 0.922. The number of rotatable bonds is 27. The van der Waals surface area contributed by atoms with Crippen molar-refractivity contribution in [3.63, 3.8) is 0 Å². The fraction of sp³-hybridized carbons (Fsp3) is 0.364. The van der Waals surface area contributed by atoms with Gasteiger partial charge in [0.15, 0.2) is 0 Å². The van der Waals surface area contributed by atoms with Gasteiger partial charge in [0, 0.05) is 48.5 Å². The number of anilines is 1. The van der Waals surface area contributed by atoms with E-state index in [1.807, 2.05) is 0 Å². The summed E-state index contributed by atoms with van der Waals surface area (Å²) in [5.74, 6) is 0. The van der Waals surface area contributed by atoms with Crippen LogP contribution in [0.4, 0.5) is 5.69 Å². The number of furan rings is 2.